The standard InChI is InChI=1S/C17H23NO4/c1-8(2)17(20)18-16-14-6-13(15(16)7-21-18)11-4-10(5-12(11)14)22-9(3)19/h10-16H,1,4-7H2,2-3H3. The van der Waals surface area contributed by atoms with Crippen LogP contribution in [-0.2, 0) is 19.2 Å². The molecule has 7 atom stereocenters. The maximum absolute atomic E-state index is 12.3. The molecule has 0 aromatic heterocycles. The molecule has 1 saturated heterocycles. The fraction of sp³-hybridized carbons (Fsp3) is 0.765. The number of carbonyl (C=O) groups excluding carboxylic acids is 2. The van der Waals surface area contributed by atoms with Gasteiger partial charge in [-0.2, -0.15) is 0 Å². The number of rotatable bonds is 2. The molecule has 0 spiro atoms. The van der Waals surface area contributed by atoms with E-state index in [-0.39, 0.29) is 24.0 Å². The van der Waals surface area contributed by atoms with Crippen LogP contribution in [0.15, 0.2) is 12.2 Å². The molecule has 7 unspecified atom stereocenters. The van der Waals surface area contributed by atoms with Crippen LogP contribution in [-0.4, -0.2) is 35.7 Å². The lowest BCUT2D eigenvalue weighted by atomic mass is 9.73. The Morgan fingerprint density at radius 3 is 2.32 bits per heavy atom. The van der Waals surface area contributed by atoms with Gasteiger partial charge in [0.25, 0.3) is 5.91 Å². The van der Waals surface area contributed by atoms with E-state index in [1.165, 1.54) is 13.3 Å². The summed E-state index contributed by atoms with van der Waals surface area (Å²) in [4.78, 5) is 29.2. The Morgan fingerprint density at radius 1 is 1.05 bits per heavy atom. The molecule has 1 aliphatic heterocycles. The molecule has 120 valence electrons. The maximum atomic E-state index is 12.3. The lowest BCUT2D eigenvalue weighted by Crippen LogP contribution is -2.44. The Morgan fingerprint density at radius 2 is 1.68 bits per heavy atom. The van der Waals surface area contributed by atoms with Crippen molar-refractivity contribution >= 4 is 11.9 Å². The van der Waals surface area contributed by atoms with Crippen LogP contribution in [0, 0.1) is 29.6 Å². The molecule has 0 radical (unpaired) electrons. The van der Waals surface area contributed by atoms with Gasteiger partial charge in [-0.3, -0.25) is 14.4 Å². The van der Waals surface area contributed by atoms with Crippen LogP contribution < -0.4 is 0 Å². The molecule has 3 aliphatic carbocycles. The van der Waals surface area contributed by atoms with Gasteiger partial charge in [-0.25, -0.2) is 5.06 Å². The minimum Gasteiger partial charge on any atom is -0.463 e. The van der Waals surface area contributed by atoms with Gasteiger partial charge in [-0.15, -0.1) is 0 Å². The summed E-state index contributed by atoms with van der Waals surface area (Å²) >= 11 is 0. The van der Waals surface area contributed by atoms with E-state index in [9.17, 15) is 9.59 Å². The second-order valence-corrected chi connectivity index (χ2v) is 7.46. The Kier molecular flexibility index (Phi) is 3.12. The monoisotopic (exact) mass is 305 g/mol. The van der Waals surface area contributed by atoms with E-state index in [0.717, 1.165) is 12.8 Å². The van der Waals surface area contributed by atoms with E-state index in [2.05, 4.69) is 6.58 Å². The zero-order valence-electron chi connectivity index (χ0n) is 13.2. The van der Waals surface area contributed by atoms with Gasteiger partial charge in [0.15, 0.2) is 0 Å². The normalized spacial score (nSPS) is 44.8. The van der Waals surface area contributed by atoms with Crippen molar-refractivity contribution in [1.29, 1.82) is 0 Å². The zero-order valence-corrected chi connectivity index (χ0v) is 13.2. The summed E-state index contributed by atoms with van der Waals surface area (Å²) < 4.78 is 5.44. The lowest BCUT2D eigenvalue weighted by Gasteiger charge is -2.35. The third-order valence-electron chi connectivity index (χ3n) is 6.27. The fourth-order valence-corrected chi connectivity index (χ4v) is 5.69. The molecule has 0 aromatic rings. The molecular weight excluding hydrogens is 282 g/mol. The van der Waals surface area contributed by atoms with Crippen LogP contribution in [0.3, 0.4) is 0 Å². The second-order valence-electron chi connectivity index (χ2n) is 7.46. The number of fused-ring (bicyclic) bond motifs is 8. The van der Waals surface area contributed by atoms with Crippen LogP contribution >= 0.6 is 0 Å². The van der Waals surface area contributed by atoms with Gasteiger partial charge in [0.1, 0.15) is 6.10 Å². The smallest absolute Gasteiger partial charge is 0.302 e. The van der Waals surface area contributed by atoms with Crippen LogP contribution in [0.1, 0.15) is 33.1 Å². The first-order chi connectivity index (χ1) is 10.5. The number of hydrogen-bond acceptors (Lipinski definition) is 4. The molecule has 1 amide bonds. The van der Waals surface area contributed by atoms with Crippen molar-refractivity contribution in [2.75, 3.05) is 6.61 Å². The average molecular weight is 305 g/mol. The number of carbonyl (C=O) groups is 2. The molecule has 3 saturated carbocycles. The van der Waals surface area contributed by atoms with E-state index < -0.39 is 0 Å². The van der Waals surface area contributed by atoms with Gasteiger partial charge in [-0.1, -0.05) is 6.58 Å². The molecule has 4 fully saturated rings. The highest BCUT2D eigenvalue weighted by Crippen LogP contribution is 2.63. The van der Waals surface area contributed by atoms with Crippen LogP contribution in [0.4, 0.5) is 0 Å². The number of ether oxygens (including phenoxy) is 1. The van der Waals surface area contributed by atoms with Crippen molar-refractivity contribution in [3.05, 3.63) is 12.2 Å². The Balaban J connectivity index is 1.53. The van der Waals surface area contributed by atoms with Crippen molar-refractivity contribution in [3.8, 4) is 0 Å². The Hall–Kier alpha value is -1.36. The van der Waals surface area contributed by atoms with Crippen LogP contribution in [0.5, 0.6) is 0 Å². The van der Waals surface area contributed by atoms with Crippen LogP contribution in [0.25, 0.3) is 0 Å². The van der Waals surface area contributed by atoms with Gasteiger partial charge in [0.2, 0.25) is 0 Å². The minimum absolute atomic E-state index is 0.0721. The largest absolute Gasteiger partial charge is 0.463 e. The molecule has 22 heavy (non-hydrogen) atoms. The average Bonchev–Trinajstić information content (AvgIpc) is 3.12. The summed E-state index contributed by atoms with van der Waals surface area (Å²) in [6, 6.07) is 0.200. The van der Waals surface area contributed by atoms with Gasteiger partial charge in [0, 0.05) is 18.4 Å². The van der Waals surface area contributed by atoms with Crippen molar-refractivity contribution in [3.63, 3.8) is 0 Å². The summed E-state index contributed by atoms with van der Waals surface area (Å²) in [6.45, 7) is 7.63. The number of amides is 1. The molecule has 2 bridgehead atoms. The summed E-state index contributed by atoms with van der Waals surface area (Å²) in [7, 11) is 0. The van der Waals surface area contributed by atoms with E-state index in [1.54, 1.807) is 12.0 Å². The molecule has 5 nitrogen and oxygen atoms in total. The molecule has 0 N–H and O–H groups in total. The number of hydroxylamine groups is 2. The SMILES string of the molecule is C=C(C)C(=O)N1OCC2C3CC(C4CC(OC(C)=O)CC34)C21. The van der Waals surface area contributed by atoms with Gasteiger partial charge >= 0.3 is 5.97 Å². The summed E-state index contributed by atoms with van der Waals surface area (Å²) in [5.41, 5.74) is 0.532. The van der Waals surface area contributed by atoms with Crippen molar-refractivity contribution in [2.24, 2.45) is 29.6 Å². The maximum Gasteiger partial charge on any atom is 0.302 e. The van der Waals surface area contributed by atoms with E-state index in [0.29, 0.717) is 41.8 Å². The number of nitrogens with zero attached hydrogens (tertiary/aromatic N) is 1. The lowest BCUT2D eigenvalue weighted by molar-refractivity contribution is -0.176. The number of hydrogen-bond donors (Lipinski definition) is 0. The second kappa shape index (κ2) is 4.82. The predicted molar refractivity (Wildman–Crippen MR) is 78.3 cm³/mol. The van der Waals surface area contributed by atoms with Gasteiger partial charge in [-0.05, 0) is 49.9 Å². The molecule has 5 heteroatoms. The predicted octanol–water partition coefficient (Wildman–Crippen LogP) is 1.93. The quantitative estimate of drug-likeness (QED) is 0.578. The zero-order chi connectivity index (χ0) is 15.6. The summed E-state index contributed by atoms with van der Waals surface area (Å²) in [6.07, 6.45) is 3.20. The highest BCUT2D eigenvalue weighted by molar-refractivity contribution is 5.91. The first kappa shape index (κ1) is 14.2. The first-order valence-corrected chi connectivity index (χ1v) is 8.26. The third kappa shape index (κ3) is 1.87. The Labute approximate surface area is 130 Å². The summed E-state index contributed by atoms with van der Waals surface area (Å²) in [5.74, 6) is 2.50. The number of esters is 1. The van der Waals surface area contributed by atoms with Gasteiger partial charge in [0.05, 0.1) is 12.6 Å². The molecular formula is C17H23NO4. The Bertz CT molecular complexity index is 545. The molecule has 1 heterocycles. The topological polar surface area (TPSA) is 55.8 Å². The van der Waals surface area contributed by atoms with E-state index >= 15 is 0 Å². The first-order valence-electron chi connectivity index (χ1n) is 8.26. The van der Waals surface area contributed by atoms with Crippen molar-refractivity contribution < 1.29 is 19.2 Å². The molecule has 0 aromatic carbocycles. The molecule has 4 rings (SSSR count). The third-order valence-corrected chi connectivity index (χ3v) is 6.27. The van der Waals surface area contributed by atoms with Gasteiger partial charge < -0.3 is 4.74 Å². The minimum atomic E-state index is -0.181. The van der Waals surface area contributed by atoms with Crippen molar-refractivity contribution in [2.45, 2.75) is 45.3 Å². The summed E-state index contributed by atoms with van der Waals surface area (Å²) in [5, 5.41) is 1.60. The van der Waals surface area contributed by atoms with E-state index in [4.69, 9.17) is 9.57 Å². The molecule has 4 aliphatic rings. The fourth-order valence-electron chi connectivity index (χ4n) is 5.69. The van der Waals surface area contributed by atoms with Crippen molar-refractivity contribution in [1.82, 2.24) is 5.06 Å². The van der Waals surface area contributed by atoms with E-state index in [1.807, 2.05) is 0 Å². The highest BCUT2D eigenvalue weighted by Gasteiger charge is 2.65. The van der Waals surface area contributed by atoms with Crippen LogP contribution in [0.2, 0.25) is 0 Å². The highest BCUT2D eigenvalue weighted by atomic mass is 16.7.